The van der Waals surface area contributed by atoms with E-state index in [4.69, 9.17) is 10.7 Å². The molecule has 1 aliphatic carbocycles. The van der Waals surface area contributed by atoms with E-state index in [2.05, 4.69) is 30.9 Å². The van der Waals surface area contributed by atoms with Crippen LogP contribution in [0.3, 0.4) is 0 Å². The van der Waals surface area contributed by atoms with Crippen LogP contribution in [0.15, 0.2) is 40.5 Å². The van der Waals surface area contributed by atoms with Crippen LogP contribution in [0.25, 0.3) is 0 Å². The molecular weight excluding hydrogens is 298 g/mol. The third kappa shape index (κ3) is 3.34. The number of nitrogens with zero attached hydrogens (tertiary/aromatic N) is 2. The van der Waals surface area contributed by atoms with Gasteiger partial charge >= 0.3 is 0 Å². The highest BCUT2D eigenvalue weighted by Crippen LogP contribution is 2.31. The van der Waals surface area contributed by atoms with Crippen LogP contribution in [0.5, 0.6) is 0 Å². The number of hydrogen-bond donors (Lipinski definition) is 2. The van der Waals surface area contributed by atoms with Gasteiger partial charge in [0.25, 0.3) is 0 Å². The molecule has 1 atom stereocenters. The topological polar surface area (TPSA) is 61.8 Å². The Balaban J connectivity index is 1.97. The highest BCUT2D eigenvalue weighted by molar-refractivity contribution is 6.06. The van der Waals surface area contributed by atoms with Crippen molar-refractivity contribution in [1.82, 2.24) is 0 Å². The van der Waals surface area contributed by atoms with Crippen molar-refractivity contribution in [2.24, 2.45) is 10.7 Å². The van der Waals surface area contributed by atoms with Crippen LogP contribution in [0.1, 0.15) is 51.0 Å². The standard InChI is InChI=1S/C20H29N3O/c1-3-17(21)16-12-13-23(18-11-7-4-8-14(18)2)20(24)19(16)22-15-9-5-6-10-15/h4,7-8,11,15,20,24H,3,5-6,9-10,12-13,21H2,1-2H3. The van der Waals surface area contributed by atoms with Crippen molar-refractivity contribution in [2.75, 3.05) is 11.4 Å². The summed E-state index contributed by atoms with van der Waals surface area (Å²) < 4.78 is 0. The molecule has 0 aromatic heterocycles. The number of aryl methyl sites for hydroxylation is 1. The summed E-state index contributed by atoms with van der Waals surface area (Å²) in [7, 11) is 0. The van der Waals surface area contributed by atoms with Gasteiger partial charge in [0, 0.05) is 17.9 Å². The number of allylic oxidation sites excluding steroid dienone is 1. The van der Waals surface area contributed by atoms with Crippen LogP contribution in [-0.4, -0.2) is 29.6 Å². The Morgan fingerprint density at radius 3 is 2.67 bits per heavy atom. The van der Waals surface area contributed by atoms with E-state index in [9.17, 15) is 5.11 Å². The molecule has 4 heteroatoms. The second-order valence-corrected chi connectivity index (χ2v) is 6.91. The minimum absolute atomic E-state index is 0.339. The number of aliphatic hydroxyl groups is 1. The van der Waals surface area contributed by atoms with Crippen molar-refractivity contribution in [1.29, 1.82) is 0 Å². The van der Waals surface area contributed by atoms with Gasteiger partial charge in [0.15, 0.2) is 6.23 Å². The second kappa shape index (κ2) is 7.39. The van der Waals surface area contributed by atoms with E-state index in [0.717, 1.165) is 54.9 Å². The summed E-state index contributed by atoms with van der Waals surface area (Å²) in [6, 6.07) is 8.55. The summed E-state index contributed by atoms with van der Waals surface area (Å²) in [5.41, 5.74) is 11.3. The zero-order valence-corrected chi connectivity index (χ0v) is 14.8. The summed E-state index contributed by atoms with van der Waals surface area (Å²) in [6.07, 6.45) is 5.66. The molecule has 1 aliphatic heterocycles. The van der Waals surface area contributed by atoms with Gasteiger partial charge in [-0.05, 0) is 49.8 Å². The van der Waals surface area contributed by atoms with Gasteiger partial charge in [-0.15, -0.1) is 0 Å². The SMILES string of the molecule is CCC(N)=C1CCN(c2ccccc2C)C(O)C1=NC1CCCC1. The van der Waals surface area contributed by atoms with Crippen molar-refractivity contribution < 1.29 is 5.11 Å². The Labute approximate surface area is 145 Å². The van der Waals surface area contributed by atoms with Crippen LogP contribution in [0.4, 0.5) is 5.69 Å². The minimum atomic E-state index is -0.708. The molecule has 0 bridgehead atoms. The fourth-order valence-electron chi connectivity index (χ4n) is 3.84. The normalized spacial score (nSPS) is 26.2. The predicted octanol–water partition coefficient (Wildman–Crippen LogP) is 3.53. The highest BCUT2D eigenvalue weighted by atomic mass is 16.3. The third-order valence-corrected chi connectivity index (χ3v) is 5.29. The molecule has 1 aromatic carbocycles. The lowest BCUT2D eigenvalue weighted by Crippen LogP contribution is -2.48. The Kier molecular flexibility index (Phi) is 5.24. The van der Waals surface area contributed by atoms with Crippen molar-refractivity contribution >= 4 is 11.4 Å². The average molecular weight is 327 g/mol. The van der Waals surface area contributed by atoms with Gasteiger partial charge in [-0.25, -0.2) is 0 Å². The first-order chi connectivity index (χ1) is 11.6. The number of rotatable bonds is 3. The molecule has 4 nitrogen and oxygen atoms in total. The van der Waals surface area contributed by atoms with E-state index >= 15 is 0 Å². The van der Waals surface area contributed by atoms with Gasteiger partial charge in [-0.3, -0.25) is 4.99 Å². The number of piperidine rings is 1. The van der Waals surface area contributed by atoms with Crippen LogP contribution in [-0.2, 0) is 0 Å². The predicted molar refractivity (Wildman–Crippen MR) is 100 cm³/mol. The molecule has 1 aromatic rings. The molecule has 3 N–H and O–H groups in total. The first-order valence-corrected chi connectivity index (χ1v) is 9.17. The number of hydrogen-bond acceptors (Lipinski definition) is 4. The van der Waals surface area contributed by atoms with E-state index in [1.165, 1.54) is 18.4 Å². The van der Waals surface area contributed by atoms with E-state index in [1.54, 1.807) is 0 Å². The number of aliphatic hydroxyl groups excluding tert-OH is 1. The fourth-order valence-corrected chi connectivity index (χ4v) is 3.84. The Morgan fingerprint density at radius 2 is 2.00 bits per heavy atom. The van der Waals surface area contributed by atoms with Crippen molar-refractivity contribution in [3.05, 3.63) is 41.1 Å². The molecule has 1 saturated carbocycles. The van der Waals surface area contributed by atoms with Gasteiger partial charge < -0.3 is 15.7 Å². The van der Waals surface area contributed by atoms with Crippen molar-refractivity contribution in [3.8, 4) is 0 Å². The van der Waals surface area contributed by atoms with Gasteiger partial charge in [-0.1, -0.05) is 38.0 Å². The highest BCUT2D eigenvalue weighted by Gasteiger charge is 2.32. The molecular formula is C20H29N3O. The third-order valence-electron chi connectivity index (χ3n) is 5.29. The number of nitrogens with two attached hydrogens (primary N) is 1. The lowest BCUT2D eigenvalue weighted by atomic mass is 9.95. The monoisotopic (exact) mass is 327 g/mol. The fraction of sp³-hybridized carbons (Fsp3) is 0.550. The number of benzene rings is 1. The van der Waals surface area contributed by atoms with E-state index < -0.39 is 6.23 Å². The van der Waals surface area contributed by atoms with E-state index in [-0.39, 0.29) is 0 Å². The number of anilines is 1. The summed E-state index contributed by atoms with van der Waals surface area (Å²) in [4.78, 5) is 7.02. The number of aliphatic imine (C=N–C) groups is 1. The van der Waals surface area contributed by atoms with Crippen molar-refractivity contribution in [3.63, 3.8) is 0 Å². The maximum Gasteiger partial charge on any atom is 0.170 e. The van der Waals surface area contributed by atoms with E-state index in [1.807, 2.05) is 12.1 Å². The maximum atomic E-state index is 11.1. The smallest absolute Gasteiger partial charge is 0.170 e. The van der Waals surface area contributed by atoms with Gasteiger partial charge in [0.05, 0.1) is 11.8 Å². The van der Waals surface area contributed by atoms with Gasteiger partial charge in [0.2, 0.25) is 0 Å². The molecule has 1 heterocycles. The molecule has 3 rings (SSSR count). The Bertz CT molecular complexity index is 644. The molecule has 130 valence electrons. The Morgan fingerprint density at radius 1 is 1.29 bits per heavy atom. The van der Waals surface area contributed by atoms with Crippen LogP contribution in [0.2, 0.25) is 0 Å². The molecule has 2 fully saturated rings. The summed E-state index contributed by atoms with van der Waals surface area (Å²) in [5, 5.41) is 11.1. The van der Waals surface area contributed by atoms with Crippen LogP contribution >= 0.6 is 0 Å². The summed E-state index contributed by atoms with van der Waals surface area (Å²) in [5.74, 6) is 0. The minimum Gasteiger partial charge on any atom is -0.402 e. The second-order valence-electron chi connectivity index (χ2n) is 6.91. The molecule has 0 amide bonds. The maximum absolute atomic E-state index is 11.1. The summed E-state index contributed by atoms with van der Waals surface area (Å²) in [6.45, 7) is 4.92. The molecule has 1 unspecified atom stereocenters. The molecule has 0 radical (unpaired) electrons. The molecule has 1 saturated heterocycles. The van der Waals surface area contributed by atoms with Crippen molar-refractivity contribution in [2.45, 2.75) is 64.6 Å². The van der Waals surface area contributed by atoms with E-state index in [0.29, 0.717) is 6.04 Å². The average Bonchev–Trinajstić information content (AvgIpc) is 3.10. The zero-order chi connectivity index (χ0) is 17.1. The first-order valence-electron chi connectivity index (χ1n) is 9.17. The quantitative estimate of drug-likeness (QED) is 0.893. The zero-order valence-electron chi connectivity index (χ0n) is 14.8. The number of para-hydroxylation sites is 1. The van der Waals surface area contributed by atoms with Gasteiger partial charge in [0.1, 0.15) is 0 Å². The first kappa shape index (κ1) is 17.0. The lowest BCUT2D eigenvalue weighted by Gasteiger charge is -2.38. The molecule has 0 spiro atoms. The van der Waals surface area contributed by atoms with Gasteiger partial charge in [-0.2, -0.15) is 0 Å². The molecule has 24 heavy (non-hydrogen) atoms. The molecule has 2 aliphatic rings. The largest absolute Gasteiger partial charge is 0.402 e. The summed E-state index contributed by atoms with van der Waals surface area (Å²) >= 11 is 0. The van der Waals surface area contributed by atoms with Crippen LogP contribution < -0.4 is 10.6 Å². The Hall–Kier alpha value is -1.81. The lowest BCUT2D eigenvalue weighted by molar-refractivity contribution is 0.228. The van der Waals surface area contributed by atoms with Crippen LogP contribution in [0, 0.1) is 6.92 Å².